The minimum Gasteiger partial charge on any atom is -0.396 e. The summed E-state index contributed by atoms with van der Waals surface area (Å²) in [6.45, 7) is 7.74. The summed E-state index contributed by atoms with van der Waals surface area (Å²) in [5.74, 6) is 0.575. The lowest BCUT2D eigenvalue weighted by Gasteiger charge is -2.31. The summed E-state index contributed by atoms with van der Waals surface area (Å²) in [6, 6.07) is 0. The van der Waals surface area contributed by atoms with Gasteiger partial charge in [-0.3, -0.25) is 0 Å². The Balaban J connectivity index is 4.32. The number of ether oxygens (including phenoxy) is 2. The van der Waals surface area contributed by atoms with Gasteiger partial charge < -0.3 is 24.8 Å². The zero-order valence-corrected chi connectivity index (χ0v) is 11.9. The van der Waals surface area contributed by atoms with Crippen molar-refractivity contribution in [3.63, 3.8) is 0 Å². The quantitative estimate of drug-likeness (QED) is 0.504. The zero-order valence-electron chi connectivity index (χ0n) is 11.9. The minimum absolute atomic E-state index is 0.0669. The Kier molecular flexibility index (Phi) is 8.73. The van der Waals surface area contributed by atoms with E-state index in [1.54, 1.807) is 0 Å². The largest absolute Gasteiger partial charge is 0.396 e. The molecule has 5 nitrogen and oxygen atoms in total. The van der Waals surface area contributed by atoms with Crippen molar-refractivity contribution >= 4 is 0 Å². The highest BCUT2D eigenvalue weighted by Crippen LogP contribution is 2.19. The summed E-state index contributed by atoms with van der Waals surface area (Å²) in [5.41, 5.74) is -1.01. The van der Waals surface area contributed by atoms with Crippen LogP contribution in [0.15, 0.2) is 0 Å². The van der Waals surface area contributed by atoms with Crippen molar-refractivity contribution in [3.05, 3.63) is 0 Å². The lowest BCUT2D eigenvalue weighted by molar-refractivity contribution is -0.198. The molecule has 0 amide bonds. The third-order valence-electron chi connectivity index (χ3n) is 2.70. The van der Waals surface area contributed by atoms with E-state index in [-0.39, 0.29) is 32.3 Å². The topological polar surface area (TPSA) is 79.2 Å². The molecule has 0 bridgehead atoms. The lowest BCUT2D eigenvalue weighted by Crippen LogP contribution is -2.41. The van der Waals surface area contributed by atoms with Crippen LogP contribution in [0.5, 0.6) is 0 Å². The van der Waals surface area contributed by atoms with Crippen LogP contribution in [0.25, 0.3) is 0 Å². The summed E-state index contributed by atoms with van der Waals surface area (Å²) >= 11 is 0. The molecule has 0 fully saturated rings. The van der Waals surface area contributed by atoms with E-state index in [0.717, 1.165) is 0 Å². The monoisotopic (exact) mass is 264 g/mol. The molecule has 1 atom stereocenters. The van der Waals surface area contributed by atoms with E-state index >= 15 is 0 Å². The number of aliphatic hydroxyl groups is 3. The Morgan fingerprint density at radius 2 is 1.39 bits per heavy atom. The SMILES string of the molecule is CC(C)COC(OCC(CO)(CO)CO)C(C)C. The van der Waals surface area contributed by atoms with Gasteiger partial charge in [0.2, 0.25) is 0 Å². The van der Waals surface area contributed by atoms with E-state index in [2.05, 4.69) is 13.8 Å². The summed E-state index contributed by atoms with van der Waals surface area (Å²) in [7, 11) is 0. The molecule has 0 spiro atoms. The molecule has 5 heteroatoms. The first-order chi connectivity index (χ1) is 8.40. The van der Waals surface area contributed by atoms with Crippen LogP contribution in [0.1, 0.15) is 27.7 Å². The number of rotatable bonds is 10. The van der Waals surface area contributed by atoms with Crippen molar-refractivity contribution in [2.75, 3.05) is 33.0 Å². The molecule has 0 heterocycles. The van der Waals surface area contributed by atoms with Crippen molar-refractivity contribution in [3.8, 4) is 0 Å². The molecule has 1 unspecified atom stereocenters. The normalized spacial score (nSPS) is 14.5. The van der Waals surface area contributed by atoms with Gasteiger partial charge in [-0.05, 0) is 5.92 Å². The average Bonchev–Trinajstić information content (AvgIpc) is 2.34. The Bertz CT molecular complexity index is 193. The average molecular weight is 264 g/mol. The summed E-state index contributed by atoms with van der Waals surface area (Å²) in [6.07, 6.45) is -0.392. The van der Waals surface area contributed by atoms with Gasteiger partial charge in [0.05, 0.1) is 38.4 Å². The Morgan fingerprint density at radius 3 is 1.72 bits per heavy atom. The Labute approximate surface area is 110 Å². The maximum Gasteiger partial charge on any atom is 0.159 e. The number of hydrogen-bond donors (Lipinski definition) is 3. The first kappa shape index (κ1) is 17.8. The highest BCUT2D eigenvalue weighted by Gasteiger charge is 2.30. The molecule has 0 aromatic heterocycles. The van der Waals surface area contributed by atoms with Gasteiger partial charge in [-0.15, -0.1) is 0 Å². The molecule has 0 aliphatic rings. The van der Waals surface area contributed by atoms with Gasteiger partial charge in [0.15, 0.2) is 6.29 Å². The van der Waals surface area contributed by atoms with E-state index < -0.39 is 11.7 Å². The molecule has 0 radical (unpaired) electrons. The first-order valence-electron chi connectivity index (χ1n) is 6.46. The lowest BCUT2D eigenvalue weighted by atomic mass is 9.92. The highest BCUT2D eigenvalue weighted by molar-refractivity contribution is 4.76. The second kappa shape index (κ2) is 8.82. The van der Waals surface area contributed by atoms with Crippen LogP contribution in [0.4, 0.5) is 0 Å². The molecule has 18 heavy (non-hydrogen) atoms. The smallest absolute Gasteiger partial charge is 0.159 e. The summed E-state index contributed by atoms with van der Waals surface area (Å²) in [5, 5.41) is 27.6. The fourth-order valence-electron chi connectivity index (χ4n) is 1.27. The van der Waals surface area contributed by atoms with Crippen molar-refractivity contribution in [1.82, 2.24) is 0 Å². The van der Waals surface area contributed by atoms with Crippen molar-refractivity contribution in [1.29, 1.82) is 0 Å². The van der Waals surface area contributed by atoms with E-state index in [1.807, 2.05) is 13.8 Å². The molecule has 0 rings (SSSR count). The molecule has 0 aliphatic heterocycles. The molecule has 0 aromatic rings. The van der Waals surface area contributed by atoms with Gasteiger partial charge >= 0.3 is 0 Å². The molecule has 110 valence electrons. The second-order valence-electron chi connectivity index (χ2n) is 5.62. The molecular weight excluding hydrogens is 236 g/mol. The predicted molar refractivity (Wildman–Crippen MR) is 69.1 cm³/mol. The van der Waals surface area contributed by atoms with Crippen LogP contribution in [0, 0.1) is 17.3 Å². The predicted octanol–water partition coefficient (Wildman–Crippen LogP) is 0.621. The number of aliphatic hydroxyl groups excluding tert-OH is 3. The Hall–Kier alpha value is -0.200. The van der Waals surface area contributed by atoms with Crippen LogP contribution < -0.4 is 0 Å². The van der Waals surface area contributed by atoms with E-state index in [1.165, 1.54) is 0 Å². The Morgan fingerprint density at radius 1 is 0.889 bits per heavy atom. The zero-order chi connectivity index (χ0) is 14.2. The fourth-order valence-corrected chi connectivity index (χ4v) is 1.27. The molecule has 0 aromatic carbocycles. The second-order valence-corrected chi connectivity index (χ2v) is 5.62. The van der Waals surface area contributed by atoms with Gasteiger partial charge in [0.1, 0.15) is 0 Å². The minimum atomic E-state index is -1.01. The van der Waals surface area contributed by atoms with Crippen LogP contribution in [0.2, 0.25) is 0 Å². The van der Waals surface area contributed by atoms with Gasteiger partial charge in [-0.25, -0.2) is 0 Å². The summed E-state index contributed by atoms with van der Waals surface area (Å²) in [4.78, 5) is 0. The third kappa shape index (κ3) is 6.11. The highest BCUT2D eigenvalue weighted by atomic mass is 16.7. The third-order valence-corrected chi connectivity index (χ3v) is 2.70. The van der Waals surface area contributed by atoms with Gasteiger partial charge in [0, 0.05) is 5.92 Å². The fraction of sp³-hybridized carbons (Fsp3) is 1.00. The van der Waals surface area contributed by atoms with Crippen LogP contribution >= 0.6 is 0 Å². The molecule has 0 aliphatic carbocycles. The molecular formula is C13H28O5. The maximum atomic E-state index is 9.21. The first-order valence-corrected chi connectivity index (χ1v) is 6.46. The van der Waals surface area contributed by atoms with Crippen molar-refractivity contribution < 1.29 is 24.8 Å². The molecule has 3 N–H and O–H groups in total. The van der Waals surface area contributed by atoms with Crippen LogP contribution in [0.3, 0.4) is 0 Å². The molecule has 0 saturated heterocycles. The van der Waals surface area contributed by atoms with E-state index in [4.69, 9.17) is 9.47 Å². The van der Waals surface area contributed by atoms with Crippen molar-refractivity contribution in [2.24, 2.45) is 17.3 Å². The molecule has 0 saturated carbocycles. The van der Waals surface area contributed by atoms with Gasteiger partial charge in [-0.2, -0.15) is 0 Å². The maximum absolute atomic E-state index is 9.21. The standard InChI is InChI=1S/C13H28O5/c1-10(2)5-17-12(11(3)4)18-9-13(6-14,7-15)8-16/h10-12,14-16H,5-9H2,1-4H3. The summed E-state index contributed by atoms with van der Waals surface area (Å²) < 4.78 is 11.2. The number of hydrogen-bond acceptors (Lipinski definition) is 5. The van der Waals surface area contributed by atoms with E-state index in [9.17, 15) is 15.3 Å². The van der Waals surface area contributed by atoms with Gasteiger partial charge in [0.25, 0.3) is 0 Å². The van der Waals surface area contributed by atoms with E-state index in [0.29, 0.717) is 12.5 Å². The van der Waals surface area contributed by atoms with Gasteiger partial charge in [-0.1, -0.05) is 27.7 Å². The van der Waals surface area contributed by atoms with Crippen LogP contribution in [-0.4, -0.2) is 54.6 Å². The van der Waals surface area contributed by atoms with Crippen molar-refractivity contribution in [2.45, 2.75) is 34.0 Å². The van der Waals surface area contributed by atoms with Crippen LogP contribution in [-0.2, 0) is 9.47 Å².